The van der Waals surface area contributed by atoms with Crippen LogP contribution < -0.4 is 16.0 Å². The number of nitrogens with one attached hydrogen (secondary N) is 4. The maximum atomic E-state index is 12.9. The number of aromatic amines is 1. The van der Waals surface area contributed by atoms with Gasteiger partial charge in [0.15, 0.2) is 0 Å². The zero-order valence-electron chi connectivity index (χ0n) is 18.7. The third kappa shape index (κ3) is 3.54. The summed E-state index contributed by atoms with van der Waals surface area (Å²) in [6.45, 7) is 2.47. The molecule has 4 N–H and O–H groups in total. The lowest BCUT2D eigenvalue weighted by atomic mass is 9.74. The highest BCUT2D eigenvalue weighted by Gasteiger charge is 2.42. The van der Waals surface area contributed by atoms with E-state index in [9.17, 15) is 9.59 Å². The minimum absolute atomic E-state index is 0.0485. The van der Waals surface area contributed by atoms with Crippen molar-refractivity contribution in [2.45, 2.75) is 18.3 Å². The topological polar surface area (TPSA) is 98.9 Å². The number of nitrogens with zero attached hydrogens (tertiary/aromatic N) is 1. The molecule has 4 heterocycles. The number of benzene rings is 2. The molecule has 7 nitrogen and oxygen atoms in total. The molecule has 0 bridgehead atoms. The Labute approximate surface area is 197 Å². The molecule has 2 aliphatic heterocycles. The van der Waals surface area contributed by atoms with E-state index in [0.29, 0.717) is 23.5 Å². The number of fused-ring (bicyclic) bond motifs is 3. The number of rotatable bonds is 3. The van der Waals surface area contributed by atoms with Crippen LogP contribution in [0.4, 0.5) is 5.82 Å². The summed E-state index contributed by atoms with van der Waals surface area (Å²) in [7, 11) is 0. The lowest BCUT2D eigenvalue weighted by molar-refractivity contribution is 0.0915. The van der Waals surface area contributed by atoms with Crippen molar-refractivity contribution in [1.29, 1.82) is 0 Å². The molecule has 34 heavy (non-hydrogen) atoms. The Morgan fingerprint density at radius 2 is 1.88 bits per heavy atom. The zero-order chi connectivity index (χ0) is 23.1. The van der Waals surface area contributed by atoms with Crippen molar-refractivity contribution in [1.82, 2.24) is 20.6 Å². The van der Waals surface area contributed by atoms with E-state index in [2.05, 4.69) is 25.9 Å². The molecule has 1 spiro atoms. The number of H-pyrrole nitrogens is 1. The zero-order valence-corrected chi connectivity index (χ0v) is 18.7. The van der Waals surface area contributed by atoms with Crippen molar-refractivity contribution >= 4 is 28.4 Å². The first-order valence-corrected chi connectivity index (χ1v) is 11.6. The minimum atomic E-state index is -0.215. The highest BCUT2D eigenvalue weighted by molar-refractivity contribution is 6.06. The van der Waals surface area contributed by atoms with Crippen LogP contribution in [-0.2, 0) is 5.41 Å². The molecule has 0 radical (unpaired) electrons. The lowest BCUT2D eigenvalue weighted by Gasteiger charge is -2.40. The van der Waals surface area contributed by atoms with Gasteiger partial charge in [-0.15, -0.1) is 0 Å². The maximum absolute atomic E-state index is 12.9. The summed E-state index contributed by atoms with van der Waals surface area (Å²) in [4.78, 5) is 33.4. The molecule has 1 saturated heterocycles. The largest absolute Gasteiger partial charge is 0.357 e. The van der Waals surface area contributed by atoms with E-state index in [0.717, 1.165) is 53.7 Å². The van der Waals surface area contributed by atoms with Crippen molar-refractivity contribution in [2.24, 2.45) is 0 Å². The van der Waals surface area contributed by atoms with E-state index in [1.807, 2.05) is 60.7 Å². The Bertz CT molecular complexity index is 1420. The fraction of sp³-hybridized carbons (Fsp3) is 0.222. The summed E-state index contributed by atoms with van der Waals surface area (Å²) in [6.07, 6.45) is 3.77. The van der Waals surface area contributed by atoms with Crippen LogP contribution in [0.25, 0.3) is 22.0 Å². The third-order valence-electron chi connectivity index (χ3n) is 6.98. The molecule has 4 aromatic rings. The second-order valence-corrected chi connectivity index (χ2v) is 9.16. The number of anilines is 1. The van der Waals surface area contributed by atoms with Crippen LogP contribution in [0.1, 0.15) is 39.3 Å². The average molecular weight is 452 g/mol. The van der Waals surface area contributed by atoms with E-state index in [-0.39, 0.29) is 17.2 Å². The lowest BCUT2D eigenvalue weighted by Crippen LogP contribution is -2.54. The van der Waals surface area contributed by atoms with Crippen LogP contribution in [0.2, 0.25) is 0 Å². The van der Waals surface area contributed by atoms with Gasteiger partial charge >= 0.3 is 0 Å². The van der Waals surface area contributed by atoms with E-state index < -0.39 is 0 Å². The number of piperidine rings is 1. The van der Waals surface area contributed by atoms with Gasteiger partial charge in [0.1, 0.15) is 5.82 Å². The quantitative estimate of drug-likeness (QED) is 0.380. The summed E-state index contributed by atoms with van der Waals surface area (Å²) in [5, 5.41) is 11.5. The number of aromatic nitrogens is 2. The van der Waals surface area contributed by atoms with Gasteiger partial charge in [-0.25, -0.2) is 4.98 Å². The second-order valence-electron chi connectivity index (χ2n) is 9.16. The van der Waals surface area contributed by atoms with Crippen LogP contribution in [0.5, 0.6) is 0 Å². The average Bonchev–Trinajstić information content (AvgIpc) is 3.35. The van der Waals surface area contributed by atoms with Gasteiger partial charge in [-0.2, -0.15) is 0 Å². The van der Waals surface area contributed by atoms with Crippen LogP contribution in [0.15, 0.2) is 66.9 Å². The fourth-order valence-electron chi connectivity index (χ4n) is 5.16. The molecule has 1 fully saturated rings. The maximum Gasteiger partial charge on any atom is 0.256 e. The van der Waals surface area contributed by atoms with Crippen molar-refractivity contribution in [2.75, 3.05) is 25.0 Å². The third-order valence-corrected chi connectivity index (χ3v) is 6.98. The van der Waals surface area contributed by atoms with Crippen molar-refractivity contribution < 1.29 is 9.59 Å². The first-order valence-electron chi connectivity index (χ1n) is 11.6. The summed E-state index contributed by atoms with van der Waals surface area (Å²) >= 11 is 0. The predicted octanol–water partition coefficient (Wildman–Crippen LogP) is 3.85. The van der Waals surface area contributed by atoms with Gasteiger partial charge in [0.2, 0.25) is 0 Å². The Balaban J connectivity index is 1.29. The fourth-order valence-corrected chi connectivity index (χ4v) is 5.16. The molecule has 2 aromatic heterocycles. The first-order chi connectivity index (χ1) is 16.6. The molecule has 1 atom stereocenters. The highest BCUT2D eigenvalue weighted by atomic mass is 16.2. The van der Waals surface area contributed by atoms with Crippen LogP contribution in [-0.4, -0.2) is 41.4 Å². The number of pyridine rings is 1. The standard InChI is InChI=1S/C27H25N5O2/c33-25(20-7-6-17-4-1-2-5-18(17)12-20)32-23-13-19(8-11-29-23)22-14-21-24(31-22)27(16-30-26(21)34)9-3-10-28-15-27/h1-2,4-8,11-14,28,31H,3,9-10,15-16H2,(H,30,34)(H,29,32,33). The molecule has 0 aliphatic carbocycles. The first kappa shape index (κ1) is 20.6. The number of hydrogen-bond donors (Lipinski definition) is 4. The normalized spacial score (nSPS) is 19.6. The molecule has 7 heteroatoms. The van der Waals surface area contributed by atoms with Gasteiger partial charge in [0.25, 0.3) is 11.8 Å². The molecule has 170 valence electrons. The van der Waals surface area contributed by atoms with Gasteiger partial charge in [-0.05, 0) is 60.5 Å². The van der Waals surface area contributed by atoms with E-state index in [1.165, 1.54) is 0 Å². The molecule has 1 unspecified atom stereocenters. The monoisotopic (exact) mass is 451 g/mol. The summed E-state index contributed by atoms with van der Waals surface area (Å²) < 4.78 is 0. The van der Waals surface area contributed by atoms with Crippen LogP contribution in [0, 0.1) is 0 Å². The van der Waals surface area contributed by atoms with Gasteiger partial charge in [-0.3, -0.25) is 9.59 Å². The van der Waals surface area contributed by atoms with E-state index in [4.69, 9.17) is 0 Å². The smallest absolute Gasteiger partial charge is 0.256 e. The second kappa shape index (κ2) is 8.11. The van der Waals surface area contributed by atoms with Crippen molar-refractivity contribution in [3.8, 4) is 11.3 Å². The van der Waals surface area contributed by atoms with E-state index in [1.54, 1.807) is 6.20 Å². The number of carbonyl (C=O) groups excluding carboxylic acids is 2. The minimum Gasteiger partial charge on any atom is -0.357 e. The molecule has 2 amide bonds. The Morgan fingerprint density at radius 1 is 1.00 bits per heavy atom. The predicted molar refractivity (Wildman–Crippen MR) is 132 cm³/mol. The van der Waals surface area contributed by atoms with Gasteiger partial charge in [-0.1, -0.05) is 30.3 Å². The van der Waals surface area contributed by atoms with Gasteiger partial charge in [0.05, 0.1) is 5.56 Å². The van der Waals surface area contributed by atoms with Gasteiger partial charge in [0, 0.05) is 47.2 Å². The summed E-state index contributed by atoms with van der Waals surface area (Å²) in [6, 6.07) is 19.2. The summed E-state index contributed by atoms with van der Waals surface area (Å²) in [5.41, 5.74) is 3.87. The SMILES string of the molecule is O=C(Nc1cc(-c2cc3c([nH]2)C2(CCCNC2)CNC3=O)ccn1)c1ccc2ccccc2c1. The summed E-state index contributed by atoms with van der Waals surface area (Å²) in [5.74, 6) is 0.196. The number of amides is 2. The van der Waals surface area contributed by atoms with Crippen molar-refractivity contribution in [3.05, 3.63) is 83.7 Å². The Morgan fingerprint density at radius 3 is 2.74 bits per heavy atom. The van der Waals surface area contributed by atoms with Crippen LogP contribution >= 0.6 is 0 Å². The molecule has 0 saturated carbocycles. The molecular weight excluding hydrogens is 426 g/mol. The highest BCUT2D eigenvalue weighted by Crippen LogP contribution is 2.37. The Hall–Kier alpha value is -3.97. The van der Waals surface area contributed by atoms with Crippen LogP contribution in [0.3, 0.4) is 0 Å². The molecule has 6 rings (SSSR count). The van der Waals surface area contributed by atoms with E-state index >= 15 is 0 Å². The number of hydrogen-bond acceptors (Lipinski definition) is 4. The molecule has 2 aliphatic rings. The number of carbonyl (C=O) groups is 2. The Kier molecular flexibility index (Phi) is 4.92. The van der Waals surface area contributed by atoms with Gasteiger partial charge < -0.3 is 20.9 Å². The molecular formula is C27H25N5O2. The molecule has 2 aromatic carbocycles. The van der Waals surface area contributed by atoms with Crippen molar-refractivity contribution in [3.63, 3.8) is 0 Å².